The molecule has 1 amide bonds. The first kappa shape index (κ1) is 17.5. The van der Waals surface area contributed by atoms with Crippen molar-refractivity contribution in [1.82, 2.24) is 14.9 Å². The first-order valence-corrected chi connectivity index (χ1v) is 8.25. The standard InChI is InChI=1S/C20H19FN4O/c1-25(12-9-15-7-10-22-11-8-15)20(26)19-6-5-18(14-23-19)24-17-4-2-3-16(21)13-17/h2-8,10-11,13-14,24H,9,12H2,1H3. The summed E-state index contributed by atoms with van der Waals surface area (Å²) >= 11 is 0. The molecular weight excluding hydrogens is 331 g/mol. The van der Waals surface area contributed by atoms with Crippen LogP contribution in [-0.4, -0.2) is 34.4 Å². The molecule has 1 N–H and O–H groups in total. The molecule has 0 atom stereocenters. The number of carbonyl (C=O) groups excluding carboxylic acids is 1. The van der Waals surface area contributed by atoms with Crippen LogP contribution in [-0.2, 0) is 6.42 Å². The highest BCUT2D eigenvalue weighted by Crippen LogP contribution is 2.17. The van der Waals surface area contributed by atoms with E-state index in [-0.39, 0.29) is 11.7 Å². The minimum absolute atomic E-state index is 0.142. The highest BCUT2D eigenvalue weighted by atomic mass is 19.1. The van der Waals surface area contributed by atoms with Gasteiger partial charge in [-0.25, -0.2) is 9.37 Å². The molecule has 0 radical (unpaired) electrons. The number of hydrogen-bond donors (Lipinski definition) is 1. The van der Waals surface area contributed by atoms with E-state index in [1.807, 2.05) is 12.1 Å². The van der Waals surface area contributed by atoms with Crippen LogP contribution in [0.2, 0.25) is 0 Å². The molecule has 0 aliphatic rings. The average molecular weight is 350 g/mol. The SMILES string of the molecule is CN(CCc1ccncc1)C(=O)c1ccc(Nc2cccc(F)c2)cn1. The molecule has 3 rings (SSSR count). The Hall–Kier alpha value is -3.28. The Morgan fingerprint density at radius 2 is 1.92 bits per heavy atom. The third-order valence-corrected chi connectivity index (χ3v) is 3.93. The van der Waals surface area contributed by atoms with Crippen LogP contribution in [0.4, 0.5) is 15.8 Å². The third-order valence-electron chi connectivity index (χ3n) is 3.93. The largest absolute Gasteiger partial charge is 0.354 e. The Labute approximate surface area is 151 Å². The molecule has 26 heavy (non-hydrogen) atoms. The van der Waals surface area contributed by atoms with Crippen molar-refractivity contribution >= 4 is 17.3 Å². The van der Waals surface area contributed by atoms with Crippen LogP contribution in [0.5, 0.6) is 0 Å². The lowest BCUT2D eigenvalue weighted by Gasteiger charge is -2.17. The van der Waals surface area contributed by atoms with Gasteiger partial charge in [0.25, 0.3) is 5.91 Å². The predicted octanol–water partition coefficient (Wildman–Crippen LogP) is 3.67. The zero-order valence-electron chi connectivity index (χ0n) is 14.4. The molecule has 0 bridgehead atoms. The highest BCUT2D eigenvalue weighted by Gasteiger charge is 2.13. The second kappa shape index (κ2) is 8.20. The summed E-state index contributed by atoms with van der Waals surface area (Å²) in [4.78, 5) is 22.3. The Morgan fingerprint density at radius 1 is 1.12 bits per heavy atom. The fourth-order valence-electron chi connectivity index (χ4n) is 2.47. The number of aromatic nitrogens is 2. The van der Waals surface area contributed by atoms with E-state index in [9.17, 15) is 9.18 Å². The number of halogens is 1. The number of carbonyl (C=O) groups is 1. The van der Waals surface area contributed by atoms with Gasteiger partial charge in [0.15, 0.2) is 0 Å². The molecule has 3 aromatic rings. The molecule has 0 saturated carbocycles. The summed E-state index contributed by atoms with van der Waals surface area (Å²) < 4.78 is 13.2. The van der Waals surface area contributed by atoms with E-state index >= 15 is 0 Å². The lowest BCUT2D eigenvalue weighted by Crippen LogP contribution is -2.29. The molecule has 2 heterocycles. The molecule has 1 aromatic carbocycles. The molecule has 2 aromatic heterocycles. The quantitative estimate of drug-likeness (QED) is 0.737. The molecule has 5 nitrogen and oxygen atoms in total. The van der Waals surface area contributed by atoms with Crippen LogP contribution >= 0.6 is 0 Å². The van der Waals surface area contributed by atoms with Gasteiger partial charge in [-0.2, -0.15) is 0 Å². The lowest BCUT2D eigenvalue weighted by molar-refractivity contribution is 0.0791. The van der Waals surface area contributed by atoms with Gasteiger partial charge in [0.1, 0.15) is 11.5 Å². The Balaban J connectivity index is 1.59. The van der Waals surface area contributed by atoms with Gasteiger partial charge in [-0.3, -0.25) is 9.78 Å². The van der Waals surface area contributed by atoms with Crippen molar-refractivity contribution in [1.29, 1.82) is 0 Å². The van der Waals surface area contributed by atoms with Gasteiger partial charge >= 0.3 is 0 Å². The van der Waals surface area contributed by atoms with E-state index in [1.165, 1.54) is 12.1 Å². The lowest BCUT2D eigenvalue weighted by atomic mass is 10.2. The minimum atomic E-state index is -0.314. The van der Waals surface area contributed by atoms with E-state index in [2.05, 4.69) is 15.3 Å². The maximum absolute atomic E-state index is 13.2. The average Bonchev–Trinajstić information content (AvgIpc) is 2.67. The number of hydrogen-bond acceptors (Lipinski definition) is 4. The van der Waals surface area contributed by atoms with E-state index in [0.717, 1.165) is 12.0 Å². The van der Waals surface area contributed by atoms with Gasteiger partial charge in [0.2, 0.25) is 0 Å². The summed E-state index contributed by atoms with van der Waals surface area (Å²) in [6, 6.07) is 13.4. The molecule has 6 heteroatoms. The molecular formula is C20H19FN4O. The number of amides is 1. The Bertz CT molecular complexity index is 868. The van der Waals surface area contributed by atoms with Crippen LogP contribution in [0.1, 0.15) is 16.1 Å². The fraction of sp³-hybridized carbons (Fsp3) is 0.150. The minimum Gasteiger partial charge on any atom is -0.354 e. The number of rotatable bonds is 6. The maximum atomic E-state index is 13.2. The summed E-state index contributed by atoms with van der Waals surface area (Å²) in [5, 5.41) is 3.05. The molecule has 0 saturated heterocycles. The number of likely N-dealkylation sites (N-methyl/N-ethyl adjacent to an activating group) is 1. The van der Waals surface area contributed by atoms with Crippen molar-refractivity contribution in [2.45, 2.75) is 6.42 Å². The third kappa shape index (κ3) is 4.63. The second-order valence-electron chi connectivity index (χ2n) is 5.90. The van der Waals surface area contributed by atoms with Gasteiger partial charge in [-0.1, -0.05) is 6.07 Å². The number of nitrogens with zero attached hydrogens (tertiary/aromatic N) is 3. The first-order chi connectivity index (χ1) is 12.6. The van der Waals surface area contributed by atoms with Crippen LogP contribution in [0, 0.1) is 5.82 Å². The van der Waals surface area contributed by atoms with E-state index in [0.29, 0.717) is 23.6 Å². The van der Waals surface area contributed by atoms with Crippen LogP contribution in [0.15, 0.2) is 67.1 Å². The zero-order valence-corrected chi connectivity index (χ0v) is 14.4. The first-order valence-electron chi connectivity index (χ1n) is 8.25. The van der Waals surface area contributed by atoms with E-state index < -0.39 is 0 Å². The number of benzene rings is 1. The van der Waals surface area contributed by atoms with Crippen molar-refractivity contribution in [3.8, 4) is 0 Å². The van der Waals surface area contributed by atoms with Crippen LogP contribution in [0.25, 0.3) is 0 Å². The predicted molar refractivity (Wildman–Crippen MR) is 98.8 cm³/mol. The molecule has 0 aliphatic carbocycles. The second-order valence-corrected chi connectivity index (χ2v) is 5.90. The number of pyridine rings is 2. The zero-order chi connectivity index (χ0) is 18.4. The smallest absolute Gasteiger partial charge is 0.272 e. The van der Waals surface area contributed by atoms with Crippen molar-refractivity contribution in [2.24, 2.45) is 0 Å². The molecule has 132 valence electrons. The number of anilines is 2. The van der Waals surface area contributed by atoms with Gasteiger partial charge in [0, 0.05) is 31.7 Å². The summed E-state index contributed by atoms with van der Waals surface area (Å²) in [6.45, 7) is 0.591. The number of nitrogens with one attached hydrogen (secondary N) is 1. The Kier molecular flexibility index (Phi) is 5.53. The normalized spacial score (nSPS) is 10.4. The fourth-order valence-corrected chi connectivity index (χ4v) is 2.47. The van der Waals surface area contributed by atoms with E-state index in [4.69, 9.17) is 0 Å². The van der Waals surface area contributed by atoms with Crippen LogP contribution in [0.3, 0.4) is 0 Å². The topological polar surface area (TPSA) is 58.1 Å². The van der Waals surface area contributed by atoms with Gasteiger partial charge in [-0.15, -0.1) is 0 Å². The summed E-state index contributed by atoms with van der Waals surface area (Å²) in [7, 11) is 1.75. The maximum Gasteiger partial charge on any atom is 0.272 e. The van der Waals surface area contributed by atoms with Gasteiger partial charge in [-0.05, 0) is 54.4 Å². The van der Waals surface area contributed by atoms with Crippen molar-refractivity contribution < 1.29 is 9.18 Å². The highest BCUT2D eigenvalue weighted by molar-refractivity contribution is 5.92. The van der Waals surface area contributed by atoms with Crippen LogP contribution < -0.4 is 5.32 Å². The monoisotopic (exact) mass is 350 g/mol. The van der Waals surface area contributed by atoms with Gasteiger partial charge in [0.05, 0.1) is 11.9 Å². The molecule has 0 fully saturated rings. The molecule has 0 aliphatic heterocycles. The van der Waals surface area contributed by atoms with Crippen molar-refractivity contribution in [2.75, 3.05) is 18.9 Å². The molecule has 0 unspecified atom stereocenters. The molecule has 0 spiro atoms. The van der Waals surface area contributed by atoms with Crippen molar-refractivity contribution in [3.05, 3.63) is 84.2 Å². The summed E-state index contributed by atoms with van der Waals surface area (Å²) in [5.74, 6) is -0.457. The summed E-state index contributed by atoms with van der Waals surface area (Å²) in [5.41, 5.74) is 2.81. The Morgan fingerprint density at radius 3 is 2.62 bits per heavy atom. The van der Waals surface area contributed by atoms with Crippen molar-refractivity contribution in [3.63, 3.8) is 0 Å². The van der Waals surface area contributed by atoms with E-state index in [1.54, 1.807) is 54.8 Å². The van der Waals surface area contributed by atoms with Gasteiger partial charge < -0.3 is 10.2 Å². The summed E-state index contributed by atoms with van der Waals surface area (Å²) in [6.07, 6.45) is 5.80.